The molecule has 128 valence electrons. The van der Waals surface area contributed by atoms with Crippen molar-refractivity contribution in [2.75, 3.05) is 0 Å². The van der Waals surface area contributed by atoms with Crippen molar-refractivity contribution in [1.82, 2.24) is 4.57 Å². The van der Waals surface area contributed by atoms with E-state index in [0.717, 1.165) is 21.8 Å². The van der Waals surface area contributed by atoms with Crippen LogP contribution in [0.4, 0.5) is 4.39 Å². The summed E-state index contributed by atoms with van der Waals surface area (Å²) in [7, 11) is 0. The SMILES string of the molecule is Cc1ccsc1/C=c1/sc(=C(C#N)C#N)n(Cc2ccc(F)cc2)c1=O. The highest BCUT2D eigenvalue weighted by atomic mass is 32.1. The third-order valence-electron chi connectivity index (χ3n) is 3.76. The molecule has 0 bridgehead atoms. The Morgan fingerprint density at radius 2 is 1.92 bits per heavy atom. The van der Waals surface area contributed by atoms with Gasteiger partial charge in [0.1, 0.15) is 22.6 Å². The number of halogens is 1. The van der Waals surface area contributed by atoms with Gasteiger partial charge in [0.15, 0.2) is 5.57 Å². The molecule has 0 aliphatic heterocycles. The lowest BCUT2D eigenvalue weighted by atomic mass is 10.2. The van der Waals surface area contributed by atoms with Crippen LogP contribution in [0.3, 0.4) is 0 Å². The largest absolute Gasteiger partial charge is 0.293 e. The fourth-order valence-electron chi connectivity index (χ4n) is 2.39. The lowest BCUT2D eigenvalue weighted by Crippen LogP contribution is -2.32. The summed E-state index contributed by atoms with van der Waals surface area (Å²) >= 11 is 2.64. The Morgan fingerprint density at radius 1 is 1.23 bits per heavy atom. The normalized spacial score (nSPS) is 11.2. The minimum Gasteiger partial charge on any atom is -0.293 e. The highest BCUT2D eigenvalue weighted by Crippen LogP contribution is 2.15. The zero-order valence-corrected chi connectivity index (χ0v) is 15.3. The predicted octanol–water partition coefficient (Wildman–Crippen LogP) is 2.49. The van der Waals surface area contributed by atoms with Crippen LogP contribution >= 0.6 is 22.7 Å². The molecule has 0 radical (unpaired) electrons. The fraction of sp³-hybridized carbons (Fsp3) is 0.105. The molecule has 0 atom stereocenters. The number of aromatic nitrogens is 1. The number of benzene rings is 1. The number of thiazole rings is 1. The Kier molecular flexibility index (Phi) is 5.13. The molecular weight excluding hydrogens is 369 g/mol. The van der Waals surface area contributed by atoms with Gasteiger partial charge in [0, 0.05) is 4.88 Å². The maximum absolute atomic E-state index is 13.1. The second-order valence-corrected chi connectivity index (χ2v) is 7.48. The lowest BCUT2D eigenvalue weighted by Gasteiger charge is -2.02. The first kappa shape index (κ1) is 17.8. The zero-order valence-electron chi connectivity index (χ0n) is 13.7. The second-order valence-electron chi connectivity index (χ2n) is 5.50. The molecule has 0 N–H and O–H groups in total. The second kappa shape index (κ2) is 7.49. The summed E-state index contributed by atoms with van der Waals surface area (Å²) in [6, 6.07) is 11.4. The van der Waals surface area contributed by atoms with Crippen molar-refractivity contribution in [3.05, 3.63) is 77.1 Å². The van der Waals surface area contributed by atoms with Gasteiger partial charge in [0.25, 0.3) is 5.56 Å². The van der Waals surface area contributed by atoms with E-state index < -0.39 is 0 Å². The van der Waals surface area contributed by atoms with E-state index in [2.05, 4.69) is 0 Å². The van der Waals surface area contributed by atoms with Crippen LogP contribution in [0, 0.1) is 35.4 Å². The molecule has 0 spiro atoms. The fourth-order valence-corrected chi connectivity index (χ4v) is 4.36. The average molecular weight is 381 g/mol. The average Bonchev–Trinajstić information content (AvgIpc) is 3.17. The molecule has 0 aliphatic carbocycles. The van der Waals surface area contributed by atoms with E-state index in [9.17, 15) is 19.7 Å². The first-order valence-corrected chi connectivity index (χ1v) is 9.27. The van der Waals surface area contributed by atoms with E-state index in [1.165, 1.54) is 28.0 Å². The Balaban J connectivity index is 2.25. The van der Waals surface area contributed by atoms with Gasteiger partial charge >= 0.3 is 0 Å². The van der Waals surface area contributed by atoms with Crippen molar-refractivity contribution in [3.8, 4) is 12.1 Å². The van der Waals surface area contributed by atoms with Gasteiger partial charge in [-0.25, -0.2) is 4.39 Å². The molecule has 0 saturated carbocycles. The summed E-state index contributed by atoms with van der Waals surface area (Å²) in [6.45, 7) is 2.12. The molecule has 2 aromatic heterocycles. The molecule has 1 aromatic carbocycles. The van der Waals surface area contributed by atoms with Crippen molar-refractivity contribution in [2.24, 2.45) is 0 Å². The van der Waals surface area contributed by atoms with E-state index in [0.29, 0.717) is 14.8 Å². The number of hydrogen-bond donors (Lipinski definition) is 0. The van der Waals surface area contributed by atoms with E-state index >= 15 is 0 Å². The van der Waals surface area contributed by atoms with Crippen LogP contribution < -0.4 is 14.8 Å². The van der Waals surface area contributed by atoms with Crippen LogP contribution in [-0.2, 0) is 6.54 Å². The highest BCUT2D eigenvalue weighted by Gasteiger charge is 2.10. The van der Waals surface area contributed by atoms with Crippen LogP contribution in [0.25, 0.3) is 11.6 Å². The van der Waals surface area contributed by atoms with E-state index in [4.69, 9.17) is 0 Å². The van der Waals surface area contributed by atoms with Gasteiger partial charge in [-0.15, -0.1) is 22.7 Å². The molecular formula is C19H12FN3OS2. The van der Waals surface area contributed by atoms with E-state index in [1.807, 2.05) is 30.5 Å². The van der Waals surface area contributed by atoms with Crippen LogP contribution in [0.15, 0.2) is 40.5 Å². The third-order valence-corrected chi connectivity index (χ3v) is 5.86. The number of hydrogen-bond acceptors (Lipinski definition) is 5. The van der Waals surface area contributed by atoms with Gasteiger partial charge in [0.2, 0.25) is 0 Å². The third kappa shape index (κ3) is 3.50. The predicted molar refractivity (Wildman–Crippen MR) is 101 cm³/mol. The summed E-state index contributed by atoms with van der Waals surface area (Å²) in [4.78, 5) is 13.8. The lowest BCUT2D eigenvalue weighted by molar-refractivity contribution is 0.626. The Labute approximate surface area is 156 Å². The summed E-state index contributed by atoms with van der Waals surface area (Å²) in [6.07, 6.45) is 1.78. The van der Waals surface area contributed by atoms with Gasteiger partial charge in [-0.2, -0.15) is 10.5 Å². The van der Waals surface area contributed by atoms with Crippen molar-refractivity contribution in [1.29, 1.82) is 10.5 Å². The number of nitrogens with zero attached hydrogens (tertiary/aromatic N) is 3. The Morgan fingerprint density at radius 3 is 2.50 bits per heavy atom. The monoisotopic (exact) mass is 381 g/mol. The summed E-state index contributed by atoms with van der Waals surface area (Å²) in [5, 5.41) is 20.4. The minimum absolute atomic E-state index is 0.114. The molecule has 4 nitrogen and oxygen atoms in total. The molecule has 3 aromatic rings. The van der Waals surface area contributed by atoms with Crippen molar-refractivity contribution in [3.63, 3.8) is 0 Å². The minimum atomic E-state index is -0.366. The summed E-state index contributed by atoms with van der Waals surface area (Å²) in [5.74, 6) is -0.366. The number of aryl methyl sites for hydroxylation is 1. The molecule has 0 saturated heterocycles. The maximum atomic E-state index is 13.1. The molecule has 2 heterocycles. The number of thiophene rings is 1. The molecule has 0 amide bonds. The van der Waals surface area contributed by atoms with Gasteiger partial charge in [0.05, 0.1) is 11.1 Å². The molecule has 0 aliphatic rings. The van der Waals surface area contributed by atoms with Gasteiger partial charge in [-0.05, 0) is 47.7 Å². The molecule has 0 unspecified atom stereocenters. The Hall–Kier alpha value is -3.00. The van der Waals surface area contributed by atoms with Crippen LogP contribution in [0.1, 0.15) is 16.0 Å². The van der Waals surface area contributed by atoms with E-state index in [1.54, 1.807) is 18.2 Å². The van der Waals surface area contributed by atoms with Gasteiger partial charge in [-0.3, -0.25) is 9.36 Å². The number of rotatable bonds is 3. The van der Waals surface area contributed by atoms with Gasteiger partial charge < -0.3 is 0 Å². The van der Waals surface area contributed by atoms with Crippen molar-refractivity contribution < 1.29 is 4.39 Å². The Bertz CT molecular complexity index is 1200. The zero-order chi connectivity index (χ0) is 18.7. The summed E-state index contributed by atoms with van der Waals surface area (Å²) < 4.78 is 15.3. The van der Waals surface area contributed by atoms with Crippen LogP contribution in [-0.4, -0.2) is 4.57 Å². The van der Waals surface area contributed by atoms with Crippen LogP contribution in [0.2, 0.25) is 0 Å². The first-order valence-electron chi connectivity index (χ1n) is 7.58. The molecule has 26 heavy (non-hydrogen) atoms. The maximum Gasteiger partial charge on any atom is 0.269 e. The topological polar surface area (TPSA) is 69.6 Å². The van der Waals surface area contributed by atoms with Crippen molar-refractivity contribution in [2.45, 2.75) is 13.5 Å². The van der Waals surface area contributed by atoms with Crippen molar-refractivity contribution >= 4 is 34.3 Å². The summed E-state index contributed by atoms with van der Waals surface area (Å²) in [5.41, 5.74) is 1.38. The quantitative estimate of drug-likeness (QED) is 0.700. The number of nitriles is 2. The molecule has 3 rings (SSSR count). The molecule has 0 fully saturated rings. The van der Waals surface area contributed by atoms with E-state index in [-0.39, 0.29) is 23.5 Å². The highest BCUT2D eigenvalue weighted by molar-refractivity contribution is 7.11. The molecule has 7 heteroatoms. The van der Waals surface area contributed by atoms with Crippen LogP contribution in [0.5, 0.6) is 0 Å². The first-order chi connectivity index (χ1) is 12.5. The smallest absolute Gasteiger partial charge is 0.269 e. The van der Waals surface area contributed by atoms with Gasteiger partial charge in [-0.1, -0.05) is 12.1 Å². The standard InChI is InChI=1S/C19H12FN3OS2/c1-12-6-7-25-16(12)8-17-18(24)23(19(26-17)14(9-21)10-22)11-13-2-4-15(20)5-3-13/h2-8H,11H2,1H3/b17-8+.